The first-order valence-electron chi connectivity index (χ1n) is 6.93. The number of ether oxygens (including phenoxy) is 1. The van der Waals surface area contributed by atoms with Gasteiger partial charge in [-0.1, -0.05) is 0 Å². The van der Waals surface area contributed by atoms with Crippen molar-refractivity contribution in [3.63, 3.8) is 0 Å². The molecule has 0 aliphatic rings. The number of halogens is 3. The molecule has 0 saturated carbocycles. The van der Waals surface area contributed by atoms with Crippen molar-refractivity contribution in [2.75, 3.05) is 6.61 Å². The fraction of sp³-hybridized carbons (Fsp3) is 0.571. The normalized spacial score (nSPS) is 14.3. The molecule has 9 heteroatoms. The molecule has 0 heterocycles. The van der Waals surface area contributed by atoms with Crippen molar-refractivity contribution in [3.8, 4) is 0 Å². The Morgan fingerprint density at radius 2 is 1.74 bits per heavy atom. The molecule has 4 nitrogen and oxygen atoms in total. The minimum atomic E-state index is -5.61. The third-order valence-electron chi connectivity index (χ3n) is 3.04. The molecule has 0 fully saturated rings. The Balaban J connectivity index is 3.21. The molecule has 0 saturated heterocycles. The van der Waals surface area contributed by atoms with Crippen LogP contribution in [0.15, 0.2) is 18.2 Å². The summed E-state index contributed by atoms with van der Waals surface area (Å²) < 4.78 is 69.9. The Kier molecular flexibility index (Phi) is 7.10. The molecule has 1 aromatic carbocycles. The van der Waals surface area contributed by atoms with Crippen molar-refractivity contribution in [2.45, 2.75) is 45.2 Å². The molecular formula is C14H19F3O4SSe. The first-order chi connectivity index (χ1) is 10.5. The van der Waals surface area contributed by atoms with E-state index in [1.54, 1.807) is 32.0 Å². The fourth-order valence-corrected chi connectivity index (χ4v) is 5.15. The molecule has 1 rings (SSSR count). The van der Waals surface area contributed by atoms with Gasteiger partial charge in [0.05, 0.1) is 0 Å². The summed E-state index contributed by atoms with van der Waals surface area (Å²) in [6.45, 7) is 7.75. The Morgan fingerprint density at radius 1 is 1.17 bits per heavy atom. The molecule has 0 bridgehead atoms. The van der Waals surface area contributed by atoms with E-state index in [2.05, 4.69) is 3.27 Å². The molecule has 132 valence electrons. The van der Waals surface area contributed by atoms with Gasteiger partial charge in [-0.05, 0) is 0 Å². The van der Waals surface area contributed by atoms with Crippen LogP contribution in [0.3, 0.4) is 0 Å². The molecule has 0 unspecified atom stereocenters. The van der Waals surface area contributed by atoms with Gasteiger partial charge >= 0.3 is 141 Å². The van der Waals surface area contributed by atoms with E-state index in [9.17, 15) is 21.6 Å². The van der Waals surface area contributed by atoms with Gasteiger partial charge in [0.15, 0.2) is 0 Å². The average molecular weight is 419 g/mol. The molecule has 0 radical (unpaired) electrons. The maximum atomic E-state index is 12.4. The zero-order valence-corrected chi connectivity index (χ0v) is 15.7. The van der Waals surface area contributed by atoms with Gasteiger partial charge in [0.25, 0.3) is 0 Å². The molecule has 1 aromatic rings. The van der Waals surface area contributed by atoms with Crippen molar-refractivity contribution in [2.24, 2.45) is 0 Å². The van der Waals surface area contributed by atoms with Crippen molar-refractivity contribution >= 4 is 29.9 Å². The Hall–Kier alpha value is -0.601. The average Bonchev–Trinajstić information content (AvgIpc) is 2.43. The molecule has 1 atom stereocenters. The van der Waals surface area contributed by atoms with Crippen LogP contribution < -0.4 is 4.46 Å². The van der Waals surface area contributed by atoms with E-state index in [4.69, 9.17) is 4.74 Å². The maximum absolute atomic E-state index is 12.4. The molecule has 0 aromatic heterocycles. The summed E-state index contributed by atoms with van der Waals surface area (Å²) in [6, 6.07) is 5.25. The van der Waals surface area contributed by atoms with Gasteiger partial charge in [0.1, 0.15) is 0 Å². The standard InChI is InChI=1S/C14H19F3O4SSe/c1-5-20-10(4)12-8-6-7-11(9(2)3)13(12)23-21-22(18,19)14(15,16)17/h6-10H,5H2,1-4H3/t10-/m0/s1. The zero-order chi connectivity index (χ0) is 17.8. The topological polar surface area (TPSA) is 52.6 Å². The van der Waals surface area contributed by atoms with Gasteiger partial charge in [0, 0.05) is 0 Å². The second-order valence-corrected chi connectivity index (χ2v) is 8.64. The number of hydrogen-bond acceptors (Lipinski definition) is 4. The Labute approximate surface area is 141 Å². The first kappa shape index (κ1) is 20.4. The van der Waals surface area contributed by atoms with Crippen LogP contribution in [0.25, 0.3) is 0 Å². The third-order valence-corrected chi connectivity index (χ3v) is 6.75. The van der Waals surface area contributed by atoms with Crippen molar-refractivity contribution in [1.29, 1.82) is 0 Å². The molecule has 23 heavy (non-hydrogen) atoms. The van der Waals surface area contributed by atoms with E-state index in [1.807, 2.05) is 13.8 Å². The summed E-state index contributed by atoms with van der Waals surface area (Å²) >= 11 is -1.34. The van der Waals surface area contributed by atoms with Crippen LogP contribution in [0.1, 0.15) is 50.8 Å². The summed E-state index contributed by atoms with van der Waals surface area (Å²) in [5.74, 6) is 0.0119. The SMILES string of the molecule is CCO[C@@H](C)c1cccc(C(C)C)c1[Se]OS(=O)(=O)C(F)(F)F. The van der Waals surface area contributed by atoms with Crippen molar-refractivity contribution in [1.82, 2.24) is 0 Å². The first-order valence-corrected chi connectivity index (χ1v) is 9.89. The number of rotatable bonds is 7. The van der Waals surface area contributed by atoms with E-state index in [0.717, 1.165) is 5.56 Å². The van der Waals surface area contributed by atoms with Gasteiger partial charge in [-0.25, -0.2) is 0 Å². The molecule has 0 N–H and O–H groups in total. The second kappa shape index (κ2) is 7.98. The van der Waals surface area contributed by atoms with E-state index in [-0.39, 0.29) is 12.0 Å². The molecule has 0 amide bonds. The van der Waals surface area contributed by atoms with E-state index in [0.29, 0.717) is 16.6 Å². The van der Waals surface area contributed by atoms with Crippen molar-refractivity contribution in [3.05, 3.63) is 29.3 Å². The van der Waals surface area contributed by atoms with Crippen LogP contribution in [0, 0.1) is 0 Å². The van der Waals surface area contributed by atoms with E-state index < -0.39 is 30.9 Å². The van der Waals surface area contributed by atoms with Crippen molar-refractivity contribution < 1.29 is 29.6 Å². The van der Waals surface area contributed by atoms with Gasteiger partial charge in [-0.15, -0.1) is 0 Å². The van der Waals surface area contributed by atoms with Gasteiger partial charge in [-0.3, -0.25) is 0 Å². The van der Waals surface area contributed by atoms with Crippen LogP contribution in [0.5, 0.6) is 0 Å². The molecular weight excluding hydrogens is 400 g/mol. The summed E-state index contributed by atoms with van der Waals surface area (Å²) in [7, 11) is -5.61. The minimum absolute atomic E-state index is 0.0119. The van der Waals surface area contributed by atoms with Crippen LogP contribution in [0.4, 0.5) is 13.2 Å². The van der Waals surface area contributed by atoms with E-state index >= 15 is 0 Å². The summed E-state index contributed by atoms with van der Waals surface area (Å²) in [5.41, 5.74) is -4.02. The monoisotopic (exact) mass is 420 g/mol. The van der Waals surface area contributed by atoms with Crippen LogP contribution in [0.2, 0.25) is 0 Å². The quantitative estimate of drug-likeness (QED) is 0.504. The van der Waals surface area contributed by atoms with Crippen LogP contribution in [-0.4, -0.2) is 35.8 Å². The number of benzene rings is 1. The number of alkyl halides is 3. The number of hydrogen-bond donors (Lipinski definition) is 0. The molecule has 0 aliphatic carbocycles. The molecule has 0 aliphatic heterocycles. The third kappa shape index (κ3) is 5.19. The van der Waals surface area contributed by atoms with Gasteiger partial charge in [0.2, 0.25) is 0 Å². The Morgan fingerprint density at radius 3 is 2.22 bits per heavy atom. The Bertz CT molecular complexity index is 629. The van der Waals surface area contributed by atoms with E-state index in [1.165, 1.54) is 0 Å². The summed E-state index contributed by atoms with van der Waals surface area (Å²) in [6.07, 6.45) is -0.368. The zero-order valence-electron chi connectivity index (χ0n) is 13.2. The van der Waals surface area contributed by atoms with Gasteiger partial charge in [-0.2, -0.15) is 0 Å². The molecule has 0 spiro atoms. The van der Waals surface area contributed by atoms with Crippen LogP contribution in [-0.2, 0) is 18.1 Å². The van der Waals surface area contributed by atoms with Gasteiger partial charge < -0.3 is 0 Å². The summed E-state index contributed by atoms with van der Waals surface area (Å²) in [5, 5.41) is 0. The van der Waals surface area contributed by atoms with Crippen LogP contribution >= 0.6 is 0 Å². The predicted octanol–water partition coefficient (Wildman–Crippen LogP) is 3.02. The predicted molar refractivity (Wildman–Crippen MR) is 82.0 cm³/mol. The second-order valence-electron chi connectivity index (χ2n) is 5.07. The summed E-state index contributed by atoms with van der Waals surface area (Å²) in [4.78, 5) is 0. The fourth-order valence-electron chi connectivity index (χ4n) is 1.90.